The molecule has 0 aromatic carbocycles. The van der Waals surface area contributed by atoms with Gasteiger partial charge in [-0.15, -0.1) is 11.3 Å². The molecule has 2 rings (SSSR count). The second-order valence-corrected chi connectivity index (χ2v) is 5.07. The van der Waals surface area contributed by atoms with Crippen LogP contribution in [0.3, 0.4) is 0 Å². The topological polar surface area (TPSA) is 128 Å². The Kier molecular flexibility index (Phi) is 4.15. The predicted octanol–water partition coefficient (Wildman–Crippen LogP) is 2.06. The number of nitrogens with two attached hydrogens (primary N) is 1. The van der Waals surface area contributed by atoms with Crippen molar-refractivity contribution in [3.8, 4) is 0 Å². The summed E-state index contributed by atoms with van der Waals surface area (Å²) in [7, 11) is 0. The molecule has 0 radical (unpaired) electrons. The van der Waals surface area contributed by atoms with Crippen LogP contribution in [0.1, 0.15) is 20.7 Å². The molecular weight excluding hydrogens is 320 g/mol. The maximum absolute atomic E-state index is 12.1. The lowest BCUT2D eigenvalue weighted by molar-refractivity contribution is -0.385. The lowest BCUT2D eigenvalue weighted by atomic mass is 10.2. The van der Waals surface area contributed by atoms with Crippen molar-refractivity contribution in [3.05, 3.63) is 50.1 Å². The van der Waals surface area contributed by atoms with Gasteiger partial charge in [0.25, 0.3) is 17.5 Å². The van der Waals surface area contributed by atoms with E-state index >= 15 is 0 Å². The minimum Gasteiger partial charge on any atom is -0.366 e. The van der Waals surface area contributed by atoms with Crippen molar-refractivity contribution in [2.75, 3.05) is 5.32 Å². The molecule has 3 N–H and O–H groups in total. The van der Waals surface area contributed by atoms with E-state index in [0.717, 1.165) is 23.6 Å². The Hall–Kier alpha value is -2.52. The number of aromatic nitrogens is 1. The van der Waals surface area contributed by atoms with Gasteiger partial charge in [-0.25, -0.2) is 4.98 Å². The van der Waals surface area contributed by atoms with Crippen molar-refractivity contribution >= 4 is 45.4 Å². The van der Waals surface area contributed by atoms with Crippen LogP contribution in [0.2, 0.25) is 5.15 Å². The number of thiophene rings is 1. The summed E-state index contributed by atoms with van der Waals surface area (Å²) in [6, 6.07) is 2.52. The lowest BCUT2D eigenvalue weighted by Crippen LogP contribution is -2.17. The first-order valence-electron chi connectivity index (χ1n) is 5.38. The molecule has 0 aliphatic rings. The number of rotatable bonds is 4. The Morgan fingerprint density at radius 1 is 1.43 bits per heavy atom. The van der Waals surface area contributed by atoms with Crippen LogP contribution in [0.5, 0.6) is 0 Å². The number of amides is 2. The highest BCUT2D eigenvalue weighted by Crippen LogP contribution is 2.26. The predicted molar refractivity (Wildman–Crippen MR) is 76.7 cm³/mol. The Balaban J connectivity index is 2.37. The van der Waals surface area contributed by atoms with Gasteiger partial charge in [0.15, 0.2) is 0 Å². The first-order valence-corrected chi connectivity index (χ1v) is 6.64. The van der Waals surface area contributed by atoms with E-state index in [1.54, 1.807) is 5.38 Å². The molecule has 2 amide bonds. The zero-order valence-corrected chi connectivity index (χ0v) is 11.8. The van der Waals surface area contributed by atoms with Gasteiger partial charge in [-0.1, -0.05) is 11.6 Å². The van der Waals surface area contributed by atoms with Gasteiger partial charge in [0.2, 0.25) is 0 Å². The Morgan fingerprint density at radius 3 is 2.76 bits per heavy atom. The Labute approximate surface area is 126 Å². The molecule has 0 atom stereocenters. The van der Waals surface area contributed by atoms with Gasteiger partial charge < -0.3 is 11.1 Å². The van der Waals surface area contributed by atoms with Gasteiger partial charge in [-0.3, -0.25) is 19.7 Å². The zero-order chi connectivity index (χ0) is 15.6. The van der Waals surface area contributed by atoms with E-state index in [-0.39, 0.29) is 21.3 Å². The molecule has 2 heterocycles. The summed E-state index contributed by atoms with van der Waals surface area (Å²) in [5.41, 5.74) is 4.52. The van der Waals surface area contributed by atoms with Crippen molar-refractivity contribution in [2.45, 2.75) is 0 Å². The molecule has 108 valence electrons. The van der Waals surface area contributed by atoms with Crippen molar-refractivity contribution in [2.24, 2.45) is 5.73 Å². The first kappa shape index (κ1) is 14.9. The third-order valence-electron chi connectivity index (χ3n) is 2.45. The number of halogens is 1. The number of nitro groups is 1. The van der Waals surface area contributed by atoms with Crippen molar-refractivity contribution in [1.29, 1.82) is 0 Å². The average molecular weight is 327 g/mol. The van der Waals surface area contributed by atoms with Crippen LogP contribution in [-0.2, 0) is 0 Å². The van der Waals surface area contributed by atoms with E-state index in [2.05, 4.69) is 10.3 Å². The SMILES string of the molecule is NC(=O)c1ccsc1NC(=O)c1cc(Cl)ncc1[N+](=O)[O-]. The summed E-state index contributed by atoms with van der Waals surface area (Å²) < 4.78 is 0. The minimum atomic E-state index is -0.782. The summed E-state index contributed by atoms with van der Waals surface area (Å²) in [5, 5.41) is 15.0. The molecule has 2 aromatic heterocycles. The number of carbonyl (C=O) groups is 2. The van der Waals surface area contributed by atoms with Crippen LogP contribution >= 0.6 is 22.9 Å². The largest absolute Gasteiger partial charge is 0.366 e. The standard InChI is InChI=1S/C11H7ClN4O4S/c12-8-3-6(7(4-14-8)16(19)20)10(18)15-11-5(9(13)17)1-2-21-11/h1-4H,(H2,13,17)(H,15,18). The van der Waals surface area contributed by atoms with E-state index in [9.17, 15) is 19.7 Å². The molecule has 8 nitrogen and oxygen atoms in total. The number of hydrogen-bond donors (Lipinski definition) is 2. The quantitative estimate of drug-likeness (QED) is 0.504. The van der Waals surface area contributed by atoms with Crippen LogP contribution in [0.4, 0.5) is 10.7 Å². The van der Waals surface area contributed by atoms with E-state index in [4.69, 9.17) is 17.3 Å². The van der Waals surface area contributed by atoms with Crippen LogP contribution in [0.15, 0.2) is 23.7 Å². The number of hydrogen-bond acceptors (Lipinski definition) is 6. The fourth-order valence-corrected chi connectivity index (χ4v) is 2.47. The molecular formula is C11H7ClN4O4S. The second-order valence-electron chi connectivity index (χ2n) is 3.76. The zero-order valence-electron chi connectivity index (χ0n) is 10.2. The number of nitrogens with zero attached hydrogens (tertiary/aromatic N) is 2. The van der Waals surface area contributed by atoms with Gasteiger partial charge >= 0.3 is 0 Å². The molecule has 10 heteroatoms. The average Bonchev–Trinajstić information content (AvgIpc) is 2.86. The molecule has 0 aliphatic heterocycles. The number of pyridine rings is 1. The van der Waals surface area contributed by atoms with Gasteiger partial charge in [-0.05, 0) is 17.5 Å². The smallest absolute Gasteiger partial charge is 0.300 e. The van der Waals surface area contributed by atoms with E-state index in [1.165, 1.54) is 6.07 Å². The number of primary amides is 1. The number of anilines is 1. The van der Waals surface area contributed by atoms with Crippen LogP contribution in [0, 0.1) is 10.1 Å². The lowest BCUT2D eigenvalue weighted by Gasteiger charge is -2.05. The summed E-state index contributed by atoms with van der Waals surface area (Å²) in [4.78, 5) is 37.0. The maximum atomic E-state index is 12.1. The van der Waals surface area contributed by atoms with Crippen molar-refractivity contribution < 1.29 is 14.5 Å². The minimum absolute atomic E-state index is 0.0629. The van der Waals surface area contributed by atoms with Crippen LogP contribution < -0.4 is 11.1 Å². The molecule has 0 spiro atoms. The number of nitrogens with one attached hydrogen (secondary N) is 1. The monoisotopic (exact) mass is 326 g/mol. The second kappa shape index (κ2) is 5.85. The Morgan fingerprint density at radius 2 is 2.14 bits per heavy atom. The highest BCUT2D eigenvalue weighted by Gasteiger charge is 2.23. The van der Waals surface area contributed by atoms with Gasteiger partial charge in [0.1, 0.15) is 21.9 Å². The third-order valence-corrected chi connectivity index (χ3v) is 3.49. The van der Waals surface area contributed by atoms with Crippen molar-refractivity contribution in [1.82, 2.24) is 4.98 Å². The summed E-state index contributed by atoms with van der Waals surface area (Å²) in [5.74, 6) is -1.50. The normalized spacial score (nSPS) is 10.1. The molecule has 2 aromatic rings. The molecule has 0 saturated carbocycles. The van der Waals surface area contributed by atoms with Gasteiger partial charge in [-0.2, -0.15) is 0 Å². The van der Waals surface area contributed by atoms with Gasteiger partial charge in [0.05, 0.1) is 10.5 Å². The molecule has 0 bridgehead atoms. The maximum Gasteiger partial charge on any atom is 0.300 e. The van der Waals surface area contributed by atoms with Crippen molar-refractivity contribution in [3.63, 3.8) is 0 Å². The van der Waals surface area contributed by atoms with E-state index < -0.39 is 22.4 Å². The molecule has 0 unspecified atom stereocenters. The highest BCUT2D eigenvalue weighted by atomic mass is 35.5. The fraction of sp³-hybridized carbons (Fsp3) is 0. The highest BCUT2D eigenvalue weighted by molar-refractivity contribution is 7.14. The van der Waals surface area contributed by atoms with Crippen LogP contribution in [-0.4, -0.2) is 21.7 Å². The van der Waals surface area contributed by atoms with Gasteiger partial charge in [0, 0.05) is 0 Å². The molecule has 0 fully saturated rings. The molecule has 0 aliphatic carbocycles. The number of carbonyl (C=O) groups excluding carboxylic acids is 2. The van der Waals surface area contributed by atoms with Crippen LogP contribution in [0.25, 0.3) is 0 Å². The summed E-state index contributed by atoms with van der Waals surface area (Å²) in [6.07, 6.45) is 0.890. The molecule has 21 heavy (non-hydrogen) atoms. The Bertz CT molecular complexity index is 746. The first-order chi connectivity index (χ1) is 9.90. The fourth-order valence-electron chi connectivity index (χ4n) is 1.52. The van der Waals surface area contributed by atoms with E-state index in [0.29, 0.717) is 0 Å². The summed E-state index contributed by atoms with van der Waals surface area (Å²) >= 11 is 6.71. The van der Waals surface area contributed by atoms with E-state index in [1.807, 2.05) is 0 Å². The summed E-state index contributed by atoms with van der Waals surface area (Å²) in [6.45, 7) is 0. The molecule has 0 saturated heterocycles. The third kappa shape index (κ3) is 3.15.